The number of benzene rings is 2. The summed E-state index contributed by atoms with van der Waals surface area (Å²) in [6, 6.07) is 11.8. The number of ether oxygens (including phenoxy) is 2. The summed E-state index contributed by atoms with van der Waals surface area (Å²) >= 11 is 0. The molecule has 2 aromatic rings. The minimum Gasteiger partial charge on any atom is -0.497 e. The molecule has 0 spiro atoms. The summed E-state index contributed by atoms with van der Waals surface area (Å²) in [5, 5.41) is 0. The fourth-order valence-electron chi connectivity index (χ4n) is 2.92. The van der Waals surface area contributed by atoms with Crippen LogP contribution in [0.15, 0.2) is 42.5 Å². The smallest absolute Gasteiger partial charge is 0.163 e. The number of hydrogen-bond donors (Lipinski definition) is 0. The third-order valence-corrected chi connectivity index (χ3v) is 4.22. The molecule has 0 atom stereocenters. The standard InChI is InChI=1S/C10H10O2.C10H10O.CH4/c1-12-8-3-4-9-7(6-8)2-5-10(9)11;1-11-10-6-5-8-3-2-4-9(8)7-10;/h3-4,6H,2,5H2,1H3;2-3,5-7H,4H2,1H3;1H4. The van der Waals surface area contributed by atoms with E-state index in [1.165, 1.54) is 11.1 Å². The van der Waals surface area contributed by atoms with Gasteiger partial charge >= 0.3 is 0 Å². The van der Waals surface area contributed by atoms with Crippen LogP contribution in [0.3, 0.4) is 0 Å². The van der Waals surface area contributed by atoms with Gasteiger partial charge in [-0.15, -0.1) is 0 Å². The van der Waals surface area contributed by atoms with Gasteiger partial charge in [-0.3, -0.25) is 4.79 Å². The highest BCUT2D eigenvalue weighted by Crippen LogP contribution is 2.26. The number of carbonyl (C=O) groups excluding carboxylic acids is 1. The Morgan fingerprint density at radius 2 is 1.54 bits per heavy atom. The van der Waals surface area contributed by atoms with E-state index in [2.05, 4.69) is 24.3 Å². The number of hydrogen-bond acceptors (Lipinski definition) is 3. The Balaban J connectivity index is 0.000000167. The minimum atomic E-state index is 0. The van der Waals surface area contributed by atoms with Crippen LogP contribution in [0.1, 0.15) is 40.9 Å². The van der Waals surface area contributed by atoms with E-state index in [4.69, 9.17) is 9.47 Å². The van der Waals surface area contributed by atoms with Crippen LogP contribution in [0.5, 0.6) is 11.5 Å². The molecule has 0 fully saturated rings. The SMILES string of the molecule is C.COc1ccc2c(c1)CC=C2.COc1ccc2c(c1)CCC2=O. The van der Waals surface area contributed by atoms with Crippen LogP contribution in [0.4, 0.5) is 0 Å². The fraction of sp³-hybridized carbons (Fsp3) is 0.286. The van der Waals surface area contributed by atoms with E-state index in [0.29, 0.717) is 6.42 Å². The Kier molecular flexibility index (Phi) is 5.80. The summed E-state index contributed by atoms with van der Waals surface area (Å²) in [6.07, 6.45) is 6.89. The first-order valence-corrected chi connectivity index (χ1v) is 7.75. The van der Waals surface area contributed by atoms with Crippen molar-refractivity contribution in [3.8, 4) is 11.5 Å². The average molecular weight is 324 g/mol. The van der Waals surface area contributed by atoms with Crippen molar-refractivity contribution in [3.05, 3.63) is 64.7 Å². The number of methoxy groups -OCH3 is 2. The molecule has 0 N–H and O–H groups in total. The van der Waals surface area contributed by atoms with Gasteiger partial charge < -0.3 is 9.47 Å². The number of fused-ring (bicyclic) bond motifs is 2. The maximum Gasteiger partial charge on any atom is 0.163 e. The molecule has 2 aliphatic carbocycles. The molecule has 0 bridgehead atoms. The van der Waals surface area contributed by atoms with Gasteiger partial charge in [0, 0.05) is 12.0 Å². The van der Waals surface area contributed by atoms with Gasteiger partial charge in [-0.2, -0.15) is 0 Å². The quantitative estimate of drug-likeness (QED) is 0.801. The maximum absolute atomic E-state index is 11.2. The van der Waals surface area contributed by atoms with E-state index in [1.807, 2.05) is 24.3 Å². The zero-order chi connectivity index (χ0) is 16.2. The van der Waals surface area contributed by atoms with Crippen LogP contribution in [-0.4, -0.2) is 20.0 Å². The highest BCUT2D eigenvalue weighted by Gasteiger charge is 2.19. The predicted octanol–water partition coefficient (Wildman–Crippen LogP) is 4.72. The van der Waals surface area contributed by atoms with Crippen molar-refractivity contribution in [2.45, 2.75) is 26.7 Å². The first kappa shape index (κ1) is 17.8. The Morgan fingerprint density at radius 3 is 2.25 bits per heavy atom. The Hall–Kier alpha value is -2.55. The van der Waals surface area contributed by atoms with Crippen LogP contribution in [0, 0.1) is 0 Å². The lowest BCUT2D eigenvalue weighted by Crippen LogP contribution is -1.91. The van der Waals surface area contributed by atoms with Gasteiger partial charge in [-0.05, 0) is 59.9 Å². The van der Waals surface area contributed by atoms with Crippen molar-refractivity contribution in [1.29, 1.82) is 0 Å². The van der Waals surface area contributed by atoms with Crippen molar-refractivity contribution in [3.63, 3.8) is 0 Å². The summed E-state index contributed by atoms with van der Waals surface area (Å²) in [7, 11) is 3.34. The monoisotopic (exact) mass is 324 g/mol. The molecule has 0 amide bonds. The van der Waals surface area contributed by atoms with Crippen molar-refractivity contribution in [2.75, 3.05) is 14.2 Å². The third kappa shape index (κ3) is 3.67. The Labute approximate surface area is 143 Å². The summed E-state index contributed by atoms with van der Waals surface area (Å²) in [4.78, 5) is 11.2. The van der Waals surface area contributed by atoms with Gasteiger partial charge in [-0.25, -0.2) is 0 Å². The number of ketones is 1. The topological polar surface area (TPSA) is 35.5 Å². The highest BCUT2D eigenvalue weighted by atomic mass is 16.5. The van der Waals surface area contributed by atoms with Gasteiger partial charge in [0.1, 0.15) is 11.5 Å². The lowest BCUT2D eigenvalue weighted by atomic mass is 10.1. The molecule has 0 saturated carbocycles. The highest BCUT2D eigenvalue weighted by molar-refractivity contribution is 6.00. The molecule has 24 heavy (non-hydrogen) atoms. The molecule has 0 unspecified atom stereocenters. The van der Waals surface area contributed by atoms with Crippen LogP contribution in [0.25, 0.3) is 6.08 Å². The second kappa shape index (κ2) is 7.82. The zero-order valence-electron chi connectivity index (χ0n) is 13.5. The summed E-state index contributed by atoms with van der Waals surface area (Å²) in [5.74, 6) is 2.04. The van der Waals surface area contributed by atoms with Gasteiger partial charge in [0.2, 0.25) is 0 Å². The Bertz CT molecular complexity index is 760. The van der Waals surface area contributed by atoms with E-state index < -0.39 is 0 Å². The van der Waals surface area contributed by atoms with Crippen LogP contribution in [0.2, 0.25) is 0 Å². The molecule has 0 heterocycles. The number of Topliss-reactive ketones (excluding diaryl/α,β-unsaturated/α-hetero) is 1. The first-order valence-electron chi connectivity index (χ1n) is 7.75. The van der Waals surface area contributed by atoms with Gasteiger partial charge in [0.15, 0.2) is 5.78 Å². The molecule has 4 rings (SSSR count). The first-order chi connectivity index (χ1) is 11.2. The van der Waals surface area contributed by atoms with E-state index in [1.54, 1.807) is 14.2 Å². The van der Waals surface area contributed by atoms with E-state index >= 15 is 0 Å². The lowest BCUT2D eigenvalue weighted by molar-refractivity contribution is 0.0994. The zero-order valence-corrected chi connectivity index (χ0v) is 13.5. The maximum atomic E-state index is 11.2. The molecule has 0 aliphatic heterocycles. The van der Waals surface area contributed by atoms with Crippen molar-refractivity contribution < 1.29 is 14.3 Å². The number of carbonyl (C=O) groups is 1. The summed E-state index contributed by atoms with van der Waals surface area (Å²) in [5.41, 5.74) is 4.69. The van der Waals surface area contributed by atoms with Crippen molar-refractivity contribution in [2.24, 2.45) is 0 Å². The van der Waals surface area contributed by atoms with Crippen LogP contribution < -0.4 is 9.47 Å². The molecule has 0 saturated heterocycles. The molecule has 3 nitrogen and oxygen atoms in total. The van der Waals surface area contributed by atoms with Crippen molar-refractivity contribution >= 4 is 11.9 Å². The van der Waals surface area contributed by atoms with Crippen LogP contribution in [-0.2, 0) is 12.8 Å². The molecule has 0 radical (unpaired) electrons. The fourth-order valence-corrected chi connectivity index (χ4v) is 2.92. The number of allylic oxidation sites excluding steroid dienone is 1. The number of rotatable bonds is 2. The molecule has 126 valence electrons. The summed E-state index contributed by atoms with van der Waals surface area (Å²) in [6.45, 7) is 0. The van der Waals surface area contributed by atoms with Gasteiger partial charge in [0.25, 0.3) is 0 Å². The number of aryl methyl sites for hydroxylation is 1. The lowest BCUT2D eigenvalue weighted by Gasteiger charge is -2.02. The van der Waals surface area contributed by atoms with Crippen LogP contribution >= 0.6 is 0 Å². The molecular formula is C21H24O3. The summed E-state index contributed by atoms with van der Waals surface area (Å²) < 4.78 is 10.2. The molecular weight excluding hydrogens is 300 g/mol. The second-order valence-corrected chi connectivity index (χ2v) is 5.62. The predicted molar refractivity (Wildman–Crippen MR) is 98.1 cm³/mol. The third-order valence-electron chi connectivity index (χ3n) is 4.22. The van der Waals surface area contributed by atoms with E-state index in [9.17, 15) is 4.79 Å². The second-order valence-electron chi connectivity index (χ2n) is 5.62. The molecule has 2 aliphatic rings. The average Bonchev–Trinajstić information content (AvgIpc) is 3.21. The van der Waals surface area contributed by atoms with Gasteiger partial charge in [0.05, 0.1) is 14.2 Å². The normalized spacial score (nSPS) is 13.3. The molecule has 3 heteroatoms. The minimum absolute atomic E-state index is 0. The van der Waals surface area contributed by atoms with Gasteiger partial charge in [-0.1, -0.05) is 25.6 Å². The van der Waals surface area contributed by atoms with Crippen molar-refractivity contribution in [1.82, 2.24) is 0 Å². The molecule has 2 aromatic carbocycles. The Morgan fingerprint density at radius 1 is 0.875 bits per heavy atom. The van der Waals surface area contributed by atoms with E-state index in [-0.39, 0.29) is 13.2 Å². The largest absolute Gasteiger partial charge is 0.497 e. The molecule has 0 aromatic heterocycles. The van der Waals surface area contributed by atoms with E-state index in [0.717, 1.165) is 35.5 Å².